The van der Waals surface area contributed by atoms with Crippen molar-refractivity contribution in [2.45, 2.75) is 6.92 Å². The van der Waals surface area contributed by atoms with Crippen LogP contribution < -0.4 is 5.32 Å². The highest BCUT2D eigenvalue weighted by atomic mass is 35.5. The van der Waals surface area contributed by atoms with Crippen LogP contribution in [0.2, 0.25) is 5.02 Å². The number of carbonyl (C=O) groups excluding carboxylic acids is 1. The number of hydrogen-bond acceptors (Lipinski definition) is 3. The van der Waals surface area contributed by atoms with Gasteiger partial charge in [-0.1, -0.05) is 34.8 Å². The molecule has 0 aliphatic rings. The first-order chi connectivity index (χ1) is 12.0. The summed E-state index contributed by atoms with van der Waals surface area (Å²) in [5.41, 5.74) is 1.30. The minimum absolute atomic E-state index is 0.0172. The third kappa shape index (κ3) is 3.25. The molecule has 0 aliphatic carbocycles. The van der Waals surface area contributed by atoms with E-state index in [0.717, 1.165) is 0 Å². The molecular formula is C19H12ClFN2O2. The van der Waals surface area contributed by atoms with E-state index in [1.807, 2.05) is 0 Å². The normalized spacial score (nSPS) is 10.3. The Labute approximate surface area is 148 Å². The van der Waals surface area contributed by atoms with Crippen LogP contribution in [0.25, 0.3) is 11.3 Å². The number of halogens is 2. The number of carbonyl (C=O) groups is 1. The first kappa shape index (κ1) is 16.7. The molecule has 3 aromatic rings. The highest BCUT2D eigenvalue weighted by molar-refractivity contribution is 6.33. The van der Waals surface area contributed by atoms with Gasteiger partial charge in [0.05, 0.1) is 10.6 Å². The Balaban J connectivity index is 2.02. The van der Waals surface area contributed by atoms with E-state index in [0.29, 0.717) is 11.3 Å². The van der Waals surface area contributed by atoms with Gasteiger partial charge in [-0.25, -0.2) is 4.39 Å². The Kier molecular flexibility index (Phi) is 4.55. The molecule has 1 amide bonds. The van der Waals surface area contributed by atoms with Gasteiger partial charge in [0.1, 0.15) is 22.8 Å². The summed E-state index contributed by atoms with van der Waals surface area (Å²) >= 11 is 6.07. The van der Waals surface area contributed by atoms with Crippen molar-refractivity contribution >= 4 is 23.2 Å². The van der Waals surface area contributed by atoms with Gasteiger partial charge in [0, 0.05) is 11.3 Å². The van der Waals surface area contributed by atoms with Crippen molar-refractivity contribution in [1.29, 1.82) is 0 Å². The molecule has 2 aromatic carbocycles. The topological polar surface area (TPSA) is 55.1 Å². The molecule has 0 atom stereocenters. The molecule has 0 unspecified atom stereocenters. The van der Waals surface area contributed by atoms with Crippen molar-refractivity contribution in [3.05, 3.63) is 70.2 Å². The van der Waals surface area contributed by atoms with Gasteiger partial charge in [0.25, 0.3) is 5.91 Å². The van der Waals surface area contributed by atoms with Crippen molar-refractivity contribution in [2.24, 2.45) is 0 Å². The smallest absolute Gasteiger partial charge is 0.261 e. The summed E-state index contributed by atoms with van der Waals surface area (Å²) in [6.45, 7) is 1.57. The number of benzene rings is 2. The molecule has 4 nitrogen and oxygen atoms in total. The van der Waals surface area contributed by atoms with Gasteiger partial charge in [0.2, 0.25) is 0 Å². The fourth-order valence-electron chi connectivity index (χ4n) is 2.41. The lowest BCUT2D eigenvalue weighted by Gasteiger charge is -2.08. The minimum atomic E-state index is -0.593. The maximum absolute atomic E-state index is 14.2. The fraction of sp³-hybridized carbons (Fsp3) is 0.0526. The van der Waals surface area contributed by atoms with E-state index >= 15 is 0 Å². The molecule has 25 heavy (non-hydrogen) atoms. The third-order valence-electron chi connectivity index (χ3n) is 3.58. The van der Waals surface area contributed by atoms with Crippen LogP contribution in [0.4, 0.5) is 10.1 Å². The quantitative estimate of drug-likeness (QED) is 0.695. The highest BCUT2D eigenvalue weighted by Gasteiger charge is 2.25. The molecular weight excluding hydrogens is 343 g/mol. The molecule has 0 spiro atoms. The van der Waals surface area contributed by atoms with Crippen LogP contribution in [0.1, 0.15) is 21.7 Å². The van der Waals surface area contributed by atoms with Crippen LogP contribution in [-0.4, -0.2) is 11.1 Å². The lowest BCUT2D eigenvalue weighted by Crippen LogP contribution is -2.13. The van der Waals surface area contributed by atoms with Crippen LogP contribution >= 0.6 is 11.6 Å². The van der Waals surface area contributed by atoms with Crippen LogP contribution in [0.3, 0.4) is 0 Å². The summed E-state index contributed by atoms with van der Waals surface area (Å²) in [7, 11) is 0. The molecule has 0 fully saturated rings. The van der Waals surface area contributed by atoms with E-state index < -0.39 is 11.7 Å². The molecule has 0 aliphatic heterocycles. The zero-order valence-electron chi connectivity index (χ0n) is 13.1. The fourth-order valence-corrected chi connectivity index (χ4v) is 2.67. The summed E-state index contributed by atoms with van der Waals surface area (Å²) < 4.78 is 19.3. The Morgan fingerprint density at radius 1 is 1.32 bits per heavy atom. The molecule has 0 radical (unpaired) electrons. The Bertz CT molecular complexity index is 985. The number of rotatable bonds is 3. The van der Waals surface area contributed by atoms with Crippen molar-refractivity contribution < 1.29 is 13.7 Å². The standard InChI is InChI=1S/C19H12ClFN2O2/c1-3-12-6-4-7-13(10-12)22-19(24)16-11(2)25-23-18(16)17-14(20)8-5-9-15(17)21/h1,4-10H,2H3,(H,22,24). The Hall–Kier alpha value is -3.10. The van der Waals surface area contributed by atoms with E-state index in [9.17, 15) is 9.18 Å². The van der Waals surface area contributed by atoms with Gasteiger partial charge in [-0.05, 0) is 37.3 Å². The second-order valence-corrected chi connectivity index (χ2v) is 5.65. The number of nitrogens with zero attached hydrogens (tertiary/aromatic N) is 1. The number of aromatic nitrogens is 1. The molecule has 3 rings (SSSR count). The summed E-state index contributed by atoms with van der Waals surface area (Å²) in [5.74, 6) is 1.65. The molecule has 0 saturated heterocycles. The second kappa shape index (κ2) is 6.80. The SMILES string of the molecule is C#Cc1cccc(NC(=O)c2c(-c3c(F)cccc3Cl)noc2C)c1. The minimum Gasteiger partial charge on any atom is -0.360 e. The van der Waals surface area contributed by atoms with Gasteiger partial charge >= 0.3 is 0 Å². The molecule has 0 saturated carbocycles. The van der Waals surface area contributed by atoms with Gasteiger partial charge in [-0.3, -0.25) is 4.79 Å². The van der Waals surface area contributed by atoms with Crippen molar-refractivity contribution in [2.75, 3.05) is 5.32 Å². The number of aryl methyl sites for hydroxylation is 1. The Morgan fingerprint density at radius 2 is 2.08 bits per heavy atom. The van der Waals surface area contributed by atoms with Crippen molar-refractivity contribution in [1.82, 2.24) is 5.16 Å². The molecule has 6 heteroatoms. The van der Waals surface area contributed by atoms with Gasteiger partial charge in [0.15, 0.2) is 0 Å². The molecule has 1 heterocycles. The van der Waals surface area contributed by atoms with E-state index in [4.69, 9.17) is 22.5 Å². The van der Waals surface area contributed by atoms with Crippen molar-refractivity contribution in [3.8, 4) is 23.6 Å². The van der Waals surface area contributed by atoms with E-state index in [1.165, 1.54) is 18.2 Å². The van der Waals surface area contributed by atoms with Gasteiger partial charge < -0.3 is 9.84 Å². The van der Waals surface area contributed by atoms with E-state index in [1.54, 1.807) is 31.2 Å². The van der Waals surface area contributed by atoms with Crippen LogP contribution in [0.5, 0.6) is 0 Å². The first-order valence-corrected chi connectivity index (χ1v) is 7.67. The zero-order valence-corrected chi connectivity index (χ0v) is 13.9. The van der Waals surface area contributed by atoms with Gasteiger partial charge in [-0.15, -0.1) is 6.42 Å². The third-order valence-corrected chi connectivity index (χ3v) is 3.89. The molecule has 1 N–H and O–H groups in total. The predicted octanol–water partition coefficient (Wildman–Crippen LogP) is 4.68. The lowest BCUT2D eigenvalue weighted by atomic mass is 10.0. The number of nitrogens with one attached hydrogen (secondary N) is 1. The summed E-state index contributed by atoms with van der Waals surface area (Å²) in [6, 6.07) is 11.0. The number of amides is 1. The number of anilines is 1. The molecule has 1 aromatic heterocycles. The largest absolute Gasteiger partial charge is 0.360 e. The molecule has 0 bridgehead atoms. The monoisotopic (exact) mass is 354 g/mol. The molecule has 124 valence electrons. The number of terminal acetylenes is 1. The first-order valence-electron chi connectivity index (χ1n) is 7.30. The Morgan fingerprint density at radius 3 is 2.80 bits per heavy atom. The second-order valence-electron chi connectivity index (χ2n) is 5.24. The lowest BCUT2D eigenvalue weighted by molar-refractivity contribution is 0.102. The maximum Gasteiger partial charge on any atom is 0.261 e. The van der Waals surface area contributed by atoms with Gasteiger partial charge in [-0.2, -0.15) is 0 Å². The van der Waals surface area contributed by atoms with Crippen molar-refractivity contribution in [3.63, 3.8) is 0 Å². The average molecular weight is 355 g/mol. The summed E-state index contributed by atoms with van der Waals surface area (Å²) in [4.78, 5) is 12.7. The van der Waals surface area contributed by atoms with Crippen LogP contribution in [0, 0.1) is 25.1 Å². The highest BCUT2D eigenvalue weighted by Crippen LogP contribution is 2.33. The summed E-state index contributed by atoms with van der Waals surface area (Å²) in [5, 5.41) is 6.66. The maximum atomic E-state index is 14.2. The predicted molar refractivity (Wildman–Crippen MR) is 94.0 cm³/mol. The van der Waals surface area contributed by atoms with Crippen LogP contribution in [0.15, 0.2) is 47.0 Å². The zero-order chi connectivity index (χ0) is 18.0. The summed E-state index contributed by atoms with van der Waals surface area (Å²) in [6.07, 6.45) is 5.36. The van der Waals surface area contributed by atoms with E-state index in [-0.39, 0.29) is 27.6 Å². The number of hydrogen-bond donors (Lipinski definition) is 1. The van der Waals surface area contributed by atoms with E-state index in [2.05, 4.69) is 16.4 Å². The van der Waals surface area contributed by atoms with Crippen LogP contribution in [-0.2, 0) is 0 Å². The average Bonchev–Trinajstić information content (AvgIpc) is 2.96.